The molecule has 2 atom stereocenters. The number of hydrogen-bond donors (Lipinski definition) is 1. The summed E-state index contributed by atoms with van der Waals surface area (Å²) in [5.74, 6) is -0.733. The van der Waals surface area contributed by atoms with Gasteiger partial charge in [-0.15, -0.1) is 0 Å². The summed E-state index contributed by atoms with van der Waals surface area (Å²) in [6, 6.07) is -0.0919. The van der Waals surface area contributed by atoms with E-state index in [1.165, 1.54) is 0 Å². The smallest absolute Gasteiger partial charge is 0.367 e. The number of likely N-dealkylation sites (N-methyl/N-ethyl adjacent to an activating group) is 1. The van der Waals surface area contributed by atoms with E-state index in [-0.39, 0.29) is 6.04 Å². The predicted molar refractivity (Wildman–Crippen MR) is 57.1 cm³/mol. The van der Waals surface area contributed by atoms with E-state index < -0.39 is 24.7 Å². The first-order chi connectivity index (χ1) is 8.44. The van der Waals surface area contributed by atoms with Gasteiger partial charge in [-0.05, 0) is 13.5 Å². The van der Waals surface area contributed by atoms with E-state index in [4.69, 9.17) is 14.2 Å². The van der Waals surface area contributed by atoms with Crippen LogP contribution in [-0.4, -0.2) is 51.0 Å². The molecule has 1 saturated heterocycles. The lowest BCUT2D eigenvalue weighted by atomic mass is 9.87. The van der Waals surface area contributed by atoms with Crippen molar-refractivity contribution in [1.29, 1.82) is 0 Å². The molecule has 0 aromatic rings. The monoisotopic (exact) mass is 269 g/mol. The molecule has 7 heteroatoms. The average molecular weight is 269 g/mol. The van der Waals surface area contributed by atoms with Crippen LogP contribution in [0.3, 0.4) is 0 Å². The molecule has 1 spiro atoms. The van der Waals surface area contributed by atoms with E-state index in [0.29, 0.717) is 32.5 Å². The molecule has 1 aliphatic heterocycles. The van der Waals surface area contributed by atoms with Gasteiger partial charge in [-0.3, -0.25) is 0 Å². The van der Waals surface area contributed by atoms with Crippen molar-refractivity contribution >= 4 is 0 Å². The molecule has 4 nitrogen and oxygen atoms in total. The zero-order valence-corrected chi connectivity index (χ0v) is 10.3. The third kappa shape index (κ3) is 3.34. The Bertz CT molecular complexity index is 279. The summed E-state index contributed by atoms with van der Waals surface area (Å²) in [5.41, 5.74) is 0. The minimum atomic E-state index is -4.31. The molecule has 1 N–H and O–H groups in total. The zero-order valence-electron chi connectivity index (χ0n) is 10.3. The average Bonchev–Trinajstić information content (AvgIpc) is 2.74. The van der Waals surface area contributed by atoms with Crippen molar-refractivity contribution in [3.05, 3.63) is 0 Å². The molecule has 1 heterocycles. The maximum Gasteiger partial charge on any atom is 0.411 e. The lowest BCUT2D eigenvalue weighted by Gasteiger charge is -2.40. The normalized spacial score (nSPS) is 32.0. The van der Waals surface area contributed by atoms with Crippen LogP contribution in [0.4, 0.5) is 13.2 Å². The highest BCUT2D eigenvalue weighted by atomic mass is 19.4. The van der Waals surface area contributed by atoms with Crippen LogP contribution in [0.15, 0.2) is 0 Å². The summed E-state index contributed by atoms with van der Waals surface area (Å²) in [6.07, 6.45) is -3.14. The summed E-state index contributed by atoms with van der Waals surface area (Å²) in [5, 5.41) is 2.99. The minimum Gasteiger partial charge on any atom is -0.367 e. The summed E-state index contributed by atoms with van der Waals surface area (Å²) in [6.45, 7) is -0.238. The molecule has 2 fully saturated rings. The van der Waals surface area contributed by atoms with Gasteiger partial charge in [-0.1, -0.05) is 0 Å². The second-order valence-corrected chi connectivity index (χ2v) is 4.71. The standard InChI is InChI=1S/C11H18F3NO3/c1-15-8-2-3-10(17-4-5-18-10)6-9(8)16-7-11(12,13)14/h8-9,15H,2-7H2,1H3. The quantitative estimate of drug-likeness (QED) is 0.841. The Morgan fingerprint density at radius 3 is 2.56 bits per heavy atom. The molecule has 0 amide bonds. The molecule has 2 rings (SSSR count). The topological polar surface area (TPSA) is 39.7 Å². The number of hydrogen-bond acceptors (Lipinski definition) is 4. The van der Waals surface area contributed by atoms with Crippen LogP contribution in [0.2, 0.25) is 0 Å². The first-order valence-corrected chi connectivity index (χ1v) is 6.08. The SMILES string of the molecule is CNC1CCC2(CC1OCC(F)(F)F)OCCO2. The number of nitrogens with one attached hydrogen (secondary N) is 1. The number of ether oxygens (including phenoxy) is 3. The van der Waals surface area contributed by atoms with Crippen LogP contribution < -0.4 is 5.32 Å². The van der Waals surface area contributed by atoms with E-state index >= 15 is 0 Å². The van der Waals surface area contributed by atoms with Gasteiger partial charge < -0.3 is 19.5 Å². The first kappa shape index (κ1) is 14.0. The Labute approximate surface area is 104 Å². The number of halogens is 3. The fraction of sp³-hybridized carbons (Fsp3) is 1.00. The molecule has 1 aliphatic carbocycles. The third-order valence-electron chi connectivity index (χ3n) is 3.44. The molecular weight excluding hydrogens is 251 g/mol. The predicted octanol–water partition coefficient (Wildman–Crippen LogP) is 1.45. The van der Waals surface area contributed by atoms with Crippen LogP contribution in [-0.2, 0) is 14.2 Å². The molecular formula is C11H18F3NO3. The number of alkyl halides is 3. The molecule has 0 bridgehead atoms. The van der Waals surface area contributed by atoms with Crippen LogP contribution in [0.1, 0.15) is 19.3 Å². The van der Waals surface area contributed by atoms with Gasteiger partial charge in [0.15, 0.2) is 5.79 Å². The Kier molecular flexibility index (Phi) is 4.15. The maximum atomic E-state index is 12.2. The van der Waals surface area contributed by atoms with Crippen molar-refractivity contribution in [3.63, 3.8) is 0 Å². The molecule has 1 saturated carbocycles. The maximum absolute atomic E-state index is 12.2. The van der Waals surface area contributed by atoms with E-state index in [1.54, 1.807) is 7.05 Å². The second-order valence-electron chi connectivity index (χ2n) is 4.71. The molecule has 2 aliphatic rings. The fourth-order valence-corrected chi connectivity index (χ4v) is 2.58. The van der Waals surface area contributed by atoms with Crippen molar-refractivity contribution in [3.8, 4) is 0 Å². The lowest BCUT2D eigenvalue weighted by Crippen LogP contribution is -2.51. The highest BCUT2D eigenvalue weighted by Gasteiger charge is 2.46. The van der Waals surface area contributed by atoms with Gasteiger partial charge in [0.2, 0.25) is 0 Å². The van der Waals surface area contributed by atoms with Gasteiger partial charge >= 0.3 is 6.18 Å². The van der Waals surface area contributed by atoms with E-state index in [2.05, 4.69) is 5.32 Å². The largest absolute Gasteiger partial charge is 0.411 e. The second kappa shape index (κ2) is 5.32. The van der Waals surface area contributed by atoms with Crippen molar-refractivity contribution in [2.45, 2.75) is 43.4 Å². The first-order valence-electron chi connectivity index (χ1n) is 6.08. The van der Waals surface area contributed by atoms with E-state index in [9.17, 15) is 13.2 Å². The molecule has 0 aromatic carbocycles. The van der Waals surface area contributed by atoms with Crippen molar-refractivity contribution in [2.75, 3.05) is 26.9 Å². The van der Waals surface area contributed by atoms with Gasteiger partial charge in [0.05, 0.1) is 19.3 Å². The van der Waals surface area contributed by atoms with E-state index in [0.717, 1.165) is 0 Å². The van der Waals surface area contributed by atoms with Gasteiger partial charge in [-0.25, -0.2) is 0 Å². The highest BCUT2D eigenvalue weighted by Crippen LogP contribution is 2.37. The zero-order chi connectivity index (χ0) is 13.2. The van der Waals surface area contributed by atoms with Gasteiger partial charge in [-0.2, -0.15) is 13.2 Å². The highest BCUT2D eigenvalue weighted by molar-refractivity contribution is 4.92. The Morgan fingerprint density at radius 1 is 1.33 bits per heavy atom. The van der Waals surface area contributed by atoms with Crippen LogP contribution in [0, 0.1) is 0 Å². The lowest BCUT2D eigenvalue weighted by molar-refractivity contribution is -0.231. The van der Waals surface area contributed by atoms with Crippen molar-refractivity contribution in [2.24, 2.45) is 0 Å². The van der Waals surface area contributed by atoms with E-state index in [1.807, 2.05) is 0 Å². The van der Waals surface area contributed by atoms with Crippen LogP contribution in [0.5, 0.6) is 0 Å². The Morgan fingerprint density at radius 2 is 2.00 bits per heavy atom. The molecule has 18 heavy (non-hydrogen) atoms. The summed E-state index contributed by atoms with van der Waals surface area (Å²) in [4.78, 5) is 0. The fourth-order valence-electron chi connectivity index (χ4n) is 2.58. The summed E-state index contributed by atoms with van der Waals surface area (Å²) < 4.78 is 52.6. The van der Waals surface area contributed by atoms with Crippen molar-refractivity contribution < 1.29 is 27.4 Å². The van der Waals surface area contributed by atoms with Crippen LogP contribution >= 0.6 is 0 Å². The molecule has 0 aromatic heterocycles. The van der Waals surface area contributed by atoms with Gasteiger partial charge in [0, 0.05) is 18.9 Å². The molecule has 0 radical (unpaired) electrons. The summed E-state index contributed by atoms with van der Waals surface area (Å²) >= 11 is 0. The Hall–Kier alpha value is -0.370. The van der Waals surface area contributed by atoms with Crippen molar-refractivity contribution in [1.82, 2.24) is 5.32 Å². The molecule has 2 unspecified atom stereocenters. The Balaban J connectivity index is 1.95. The minimum absolute atomic E-state index is 0.0919. The van der Waals surface area contributed by atoms with Crippen LogP contribution in [0.25, 0.3) is 0 Å². The molecule has 106 valence electrons. The summed E-state index contributed by atoms with van der Waals surface area (Å²) in [7, 11) is 1.73. The third-order valence-corrected chi connectivity index (χ3v) is 3.44. The van der Waals surface area contributed by atoms with Gasteiger partial charge in [0.1, 0.15) is 6.61 Å². The van der Waals surface area contributed by atoms with Gasteiger partial charge in [0.25, 0.3) is 0 Å². The number of rotatable bonds is 3.